The van der Waals surface area contributed by atoms with Crippen LogP contribution in [-0.4, -0.2) is 46.0 Å². The average Bonchev–Trinajstić information content (AvgIpc) is 2.96. The molecule has 2 aromatic carbocycles. The Morgan fingerprint density at radius 2 is 1.93 bits per heavy atom. The Hall–Kier alpha value is -3.10. The Bertz CT molecular complexity index is 989. The molecular formula is C21H20N2O6. The maximum atomic E-state index is 12.5. The van der Waals surface area contributed by atoms with Gasteiger partial charge in [-0.2, -0.15) is 0 Å². The molecular weight excluding hydrogens is 376 g/mol. The number of non-ortho nitro benzene ring substituents is 1. The van der Waals surface area contributed by atoms with Crippen LogP contribution in [0.25, 0.3) is 0 Å². The van der Waals surface area contributed by atoms with E-state index in [1.54, 1.807) is 0 Å². The van der Waals surface area contributed by atoms with Crippen LogP contribution in [0.4, 0.5) is 5.69 Å². The molecule has 0 radical (unpaired) electrons. The molecule has 1 N–H and O–H groups in total. The molecule has 1 aliphatic carbocycles. The molecule has 0 unspecified atom stereocenters. The molecule has 0 saturated heterocycles. The molecule has 8 heteroatoms. The number of β-amino-alcohol motifs (C(OH)–C–C–N with tert-alkyl or cyclic N) is 1. The second-order valence-electron chi connectivity index (χ2n) is 7.27. The first kappa shape index (κ1) is 19.2. The highest BCUT2D eigenvalue weighted by molar-refractivity contribution is 6.21. The number of amides is 2. The van der Waals surface area contributed by atoms with Crippen molar-refractivity contribution >= 4 is 17.5 Å². The maximum absolute atomic E-state index is 12.5. The topological polar surface area (TPSA) is 110 Å². The normalized spacial score (nSPS) is 19.1. The summed E-state index contributed by atoms with van der Waals surface area (Å²) in [5, 5.41) is 21.3. The highest BCUT2D eigenvalue weighted by Crippen LogP contribution is 2.32. The lowest BCUT2D eigenvalue weighted by Gasteiger charge is -2.27. The number of imide groups is 1. The lowest BCUT2D eigenvalue weighted by molar-refractivity contribution is -0.384. The smallest absolute Gasteiger partial charge is 0.270 e. The van der Waals surface area contributed by atoms with Crippen molar-refractivity contribution in [2.45, 2.75) is 31.5 Å². The third kappa shape index (κ3) is 3.64. The van der Waals surface area contributed by atoms with Crippen molar-refractivity contribution in [3.05, 3.63) is 74.8 Å². The predicted octanol–water partition coefficient (Wildman–Crippen LogP) is 2.65. The fourth-order valence-corrected chi connectivity index (χ4v) is 3.93. The zero-order valence-electron chi connectivity index (χ0n) is 15.6. The number of nitrogens with zero attached hydrogens (tertiary/aromatic N) is 2. The van der Waals surface area contributed by atoms with Crippen molar-refractivity contribution in [2.24, 2.45) is 0 Å². The molecule has 0 fully saturated rings. The second kappa shape index (κ2) is 7.73. The summed E-state index contributed by atoms with van der Waals surface area (Å²) >= 11 is 0. The number of carbonyl (C=O) groups is 2. The molecule has 0 saturated carbocycles. The van der Waals surface area contributed by atoms with E-state index >= 15 is 0 Å². The van der Waals surface area contributed by atoms with Crippen LogP contribution in [0, 0.1) is 10.1 Å². The van der Waals surface area contributed by atoms with Gasteiger partial charge in [0.1, 0.15) is 0 Å². The second-order valence-corrected chi connectivity index (χ2v) is 7.27. The fraction of sp³-hybridized carbons (Fsp3) is 0.333. The van der Waals surface area contributed by atoms with Gasteiger partial charge in [-0.05, 0) is 36.5 Å². The molecule has 4 rings (SSSR count). The number of aryl methyl sites for hydroxylation is 1. The monoisotopic (exact) mass is 396 g/mol. The standard InChI is InChI=1S/C21H20N2O6/c24-15(12-29-19-7-3-5-13-4-1-2-6-16(13)19)11-22-20(25)17-9-8-14(23(27)28)10-18(17)21(22)26/h1-2,4,6,8-10,15,19,24H,3,5,7,11-12H2/t15-,19-/m0/s1. The van der Waals surface area contributed by atoms with Gasteiger partial charge in [0.05, 0.1) is 41.4 Å². The first-order valence-corrected chi connectivity index (χ1v) is 9.48. The number of nitro benzene ring substituents is 1. The van der Waals surface area contributed by atoms with Crippen LogP contribution in [0.1, 0.15) is 50.8 Å². The molecule has 0 bridgehead atoms. The lowest BCUT2D eigenvalue weighted by atomic mass is 9.89. The highest BCUT2D eigenvalue weighted by atomic mass is 16.6. The van der Waals surface area contributed by atoms with Gasteiger partial charge < -0.3 is 9.84 Å². The zero-order valence-corrected chi connectivity index (χ0v) is 15.6. The Morgan fingerprint density at radius 3 is 2.72 bits per heavy atom. The van der Waals surface area contributed by atoms with E-state index < -0.39 is 22.8 Å². The van der Waals surface area contributed by atoms with E-state index in [2.05, 4.69) is 6.07 Å². The van der Waals surface area contributed by atoms with Gasteiger partial charge in [-0.1, -0.05) is 24.3 Å². The molecule has 1 heterocycles. The van der Waals surface area contributed by atoms with Gasteiger partial charge in [-0.15, -0.1) is 0 Å². The van der Waals surface area contributed by atoms with Crippen molar-refractivity contribution in [1.29, 1.82) is 0 Å². The summed E-state index contributed by atoms with van der Waals surface area (Å²) in [6, 6.07) is 11.6. The minimum Gasteiger partial charge on any atom is -0.389 e. The Balaban J connectivity index is 1.40. The first-order chi connectivity index (χ1) is 14.0. The van der Waals surface area contributed by atoms with Gasteiger partial charge in [-0.3, -0.25) is 24.6 Å². The van der Waals surface area contributed by atoms with Crippen molar-refractivity contribution in [3.63, 3.8) is 0 Å². The summed E-state index contributed by atoms with van der Waals surface area (Å²) in [4.78, 5) is 36.2. The summed E-state index contributed by atoms with van der Waals surface area (Å²) in [5.74, 6) is -1.21. The number of ether oxygens (including phenoxy) is 1. The molecule has 2 aromatic rings. The average molecular weight is 396 g/mol. The van der Waals surface area contributed by atoms with E-state index in [-0.39, 0.29) is 36.1 Å². The summed E-state index contributed by atoms with van der Waals surface area (Å²) < 4.78 is 5.89. The van der Waals surface area contributed by atoms with Gasteiger partial charge in [-0.25, -0.2) is 0 Å². The molecule has 2 atom stereocenters. The van der Waals surface area contributed by atoms with Crippen LogP contribution in [0.15, 0.2) is 42.5 Å². The molecule has 150 valence electrons. The number of nitro groups is 1. The Morgan fingerprint density at radius 1 is 1.17 bits per heavy atom. The van der Waals surface area contributed by atoms with Crippen LogP contribution in [0.2, 0.25) is 0 Å². The van der Waals surface area contributed by atoms with Crippen LogP contribution in [0.5, 0.6) is 0 Å². The van der Waals surface area contributed by atoms with E-state index in [1.165, 1.54) is 17.7 Å². The Kier molecular flexibility index (Phi) is 5.12. The first-order valence-electron chi connectivity index (χ1n) is 9.48. The lowest BCUT2D eigenvalue weighted by Crippen LogP contribution is -2.39. The summed E-state index contributed by atoms with van der Waals surface area (Å²) in [6.45, 7) is -0.249. The molecule has 29 heavy (non-hydrogen) atoms. The van der Waals surface area contributed by atoms with Crippen molar-refractivity contribution in [3.8, 4) is 0 Å². The van der Waals surface area contributed by atoms with Gasteiger partial charge in [0.15, 0.2) is 0 Å². The molecule has 0 spiro atoms. The molecule has 2 amide bonds. The van der Waals surface area contributed by atoms with E-state index in [1.807, 2.05) is 18.2 Å². The molecule has 1 aliphatic heterocycles. The number of aliphatic hydroxyl groups excluding tert-OH is 1. The van der Waals surface area contributed by atoms with Crippen LogP contribution >= 0.6 is 0 Å². The number of fused-ring (bicyclic) bond motifs is 2. The number of aliphatic hydroxyl groups is 1. The van der Waals surface area contributed by atoms with Gasteiger partial charge >= 0.3 is 0 Å². The van der Waals surface area contributed by atoms with Crippen molar-refractivity contribution in [2.75, 3.05) is 13.2 Å². The molecule has 8 nitrogen and oxygen atoms in total. The Labute approximate surface area is 166 Å². The fourth-order valence-electron chi connectivity index (χ4n) is 3.93. The number of carbonyl (C=O) groups excluding carboxylic acids is 2. The number of rotatable bonds is 6. The van der Waals surface area contributed by atoms with E-state index in [4.69, 9.17) is 4.74 Å². The van der Waals surface area contributed by atoms with E-state index in [9.17, 15) is 24.8 Å². The van der Waals surface area contributed by atoms with Crippen LogP contribution in [0.3, 0.4) is 0 Å². The number of hydrogen-bond donors (Lipinski definition) is 1. The number of benzene rings is 2. The molecule has 2 aliphatic rings. The third-order valence-corrected chi connectivity index (χ3v) is 5.36. The quantitative estimate of drug-likeness (QED) is 0.457. The van der Waals surface area contributed by atoms with Gasteiger partial charge in [0.25, 0.3) is 17.5 Å². The van der Waals surface area contributed by atoms with Crippen LogP contribution in [-0.2, 0) is 11.2 Å². The summed E-state index contributed by atoms with van der Waals surface area (Å²) in [7, 11) is 0. The van der Waals surface area contributed by atoms with Gasteiger partial charge in [0, 0.05) is 12.1 Å². The summed E-state index contributed by atoms with van der Waals surface area (Å²) in [6.07, 6.45) is 1.66. The minimum atomic E-state index is -1.05. The van der Waals surface area contributed by atoms with Crippen molar-refractivity contribution < 1.29 is 24.4 Å². The summed E-state index contributed by atoms with van der Waals surface area (Å²) in [5.41, 5.74) is 2.18. The van der Waals surface area contributed by atoms with Crippen LogP contribution < -0.4 is 0 Å². The largest absolute Gasteiger partial charge is 0.389 e. The van der Waals surface area contributed by atoms with E-state index in [0.29, 0.717) is 0 Å². The minimum absolute atomic E-state index is 0.0153. The third-order valence-electron chi connectivity index (χ3n) is 5.36. The SMILES string of the molecule is O=C1c2ccc([N+](=O)[O-])cc2C(=O)N1C[C@H](O)CO[C@H]1CCCc2ccccc21. The maximum Gasteiger partial charge on any atom is 0.270 e. The van der Waals surface area contributed by atoms with E-state index in [0.717, 1.165) is 35.8 Å². The number of hydrogen-bond acceptors (Lipinski definition) is 6. The zero-order chi connectivity index (χ0) is 20.5. The van der Waals surface area contributed by atoms with Crippen molar-refractivity contribution in [1.82, 2.24) is 4.90 Å². The molecule has 0 aromatic heterocycles. The predicted molar refractivity (Wildman–Crippen MR) is 103 cm³/mol. The van der Waals surface area contributed by atoms with Gasteiger partial charge in [0.2, 0.25) is 0 Å². The highest BCUT2D eigenvalue weighted by Gasteiger charge is 2.37.